The number of nitrogens with one attached hydrogen (secondary N) is 1. The molecule has 0 fully saturated rings. The molecule has 1 aromatic heterocycles. The first-order chi connectivity index (χ1) is 10.5. The molecule has 2 rings (SSSR count). The van der Waals surface area contributed by atoms with Gasteiger partial charge in [0.05, 0.1) is 11.3 Å². The van der Waals surface area contributed by atoms with Crippen LogP contribution in [0.25, 0.3) is 0 Å². The Morgan fingerprint density at radius 1 is 1.18 bits per heavy atom. The molecule has 6 nitrogen and oxygen atoms in total. The molecule has 116 valence electrons. The summed E-state index contributed by atoms with van der Waals surface area (Å²) in [4.78, 5) is 25.8. The topological polar surface area (TPSA) is 71.8 Å². The fraction of sp³-hybridized carbons (Fsp3) is 0.250. The Morgan fingerprint density at radius 2 is 1.91 bits per heavy atom. The van der Waals surface area contributed by atoms with Gasteiger partial charge in [-0.25, -0.2) is 0 Å². The summed E-state index contributed by atoms with van der Waals surface area (Å²) in [6, 6.07) is 10.1. The minimum atomic E-state index is -0.415. The number of hydrogen-bond donors (Lipinski definition) is 1. The largest absolute Gasteiger partial charge is 0.453 e. The Labute approximate surface area is 128 Å². The van der Waals surface area contributed by atoms with Crippen molar-refractivity contribution in [3.05, 3.63) is 53.5 Å². The van der Waals surface area contributed by atoms with Gasteiger partial charge in [0.25, 0.3) is 11.8 Å². The number of benzene rings is 1. The van der Waals surface area contributed by atoms with Crippen LogP contribution in [0.1, 0.15) is 26.7 Å². The van der Waals surface area contributed by atoms with E-state index in [0.717, 1.165) is 0 Å². The van der Waals surface area contributed by atoms with E-state index in [1.54, 1.807) is 57.6 Å². The van der Waals surface area contributed by atoms with Gasteiger partial charge in [0.2, 0.25) is 0 Å². The van der Waals surface area contributed by atoms with Gasteiger partial charge in [-0.3, -0.25) is 9.59 Å². The number of para-hydroxylation sites is 1. The Bertz CT molecular complexity index is 676. The standard InChI is InChI=1S/C16H18N2O4/c1-18(2)16(20)12-6-4-5-7-13(12)17-15(19)14-9-8-11(22-14)10-21-3/h4-9H,10H2,1-3H3,(H,17,19). The van der Waals surface area contributed by atoms with Crippen molar-refractivity contribution in [2.75, 3.05) is 26.5 Å². The lowest BCUT2D eigenvalue weighted by atomic mass is 10.1. The second kappa shape index (κ2) is 6.91. The predicted octanol–water partition coefficient (Wildman–Crippen LogP) is 2.38. The van der Waals surface area contributed by atoms with Crippen molar-refractivity contribution < 1.29 is 18.7 Å². The van der Waals surface area contributed by atoms with Gasteiger partial charge in [-0.15, -0.1) is 0 Å². The average molecular weight is 302 g/mol. The van der Waals surface area contributed by atoms with E-state index < -0.39 is 5.91 Å². The molecule has 1 heterocycles. The molecular weight excluding hydrogens is 284 g/mol. The van der Waals surface area contributed by atoms with Gasteiger partial charge in [0, 0.05) is 21.2 Å². The Morgan fingerprint density at radius 3 is 2.59 bits per heavy atom. The highest BCUT2D eigenvalue weighted by Gasteiger charge is 2.17. The quantitative estimate of drug-likeness (QED) is 0.920. The maximum atomic E-state index is 12.2. The molecule has 0 spiro atoms. The van der Waals surface area contributed by atoms with Crippen LogP contribution in [0.2, 0.25) is 0 Å². The molecule has 6 heteroatoms. The zero-order valence-corrected chi connectivity index (χ0v) is 12.8. The summed E-state index contributed by atoms with van der Waals surface area (Å²) in [7, 11) is 4.86. The molecule has 0 saturated carbocycles. The number of hydrogen-bond acceptors (Lipinski definition) is 4. The molecule has 22 heavy (non-hydrogen) atoms. The fourth-order valence-corrected chi connectivity index (χ4v) is 1.92. The number of amides is 2. The van der Waals surface area contributed by atoms with Crippen molar-refractivity contribution in [1.29, 1.82) is 0 Å². The van der Waals surface area contributed by atoms with Crippen LogP contribution in [-0.2, 0) is 11.3 Å². The molecule has 0 aliphatic carbocycles. The summed E-state index contributed by atoms with van der Waals surface area (Å²) in [6.45, 7) is 0.295. The van der Waals surface area contributed by atoms with E-state index in [-0.39, 0.29) is 11.7 Å². The molecule has 0 saturated heterocycles. The second-order valence-electron chi connectivity index (χ2n) is 4.90. The minimum absolute atomic E-state index is 0.166. The van der Waals surface area contributed by atoms with E-state index in [1.807, 2.05) is 0 Å². The summed E-state index contributed by atoms with van der Waals surface area (Å²) in [5, 5.41) is 2.70. The van der Waals surface area contributed by atoms with Gasteiger partial charge in [-0.05, 0) is 24.3 Å². The van der Waals surface area contributed by atoms with Gasteiger partial charge in [-0.2, -0.15) is 0 Å². The minimum Gasteiger partial charge on any atom is -0.453 e. The van der Waals surface area contributed by atoms with Crippen molar-refractivity contribution in [1.82, 2.24) is 4.90 Å². The Balaban J connectivity index is 2.19. The first kappa shape index (κ1) is 15.8. The maximum absolute atomic E-state index is 12.2. The maximum Gasteiger partial charge on any atom is 0.291 e. The highest BCUT2D eigenvalue weighted by atomic mass is 16.5. The molecule has 0 atom stereocenters. The molecule has 2 aromatic rings. The van der Waals surface area contributed by atoms with Crippen LogP contribution in [0.4, 0.5) is 5.69 Å². The number of carbonyl (C=O) groups excluding carboxylic acids is 2. The van der Waals surface area contributed by atoms with Crippen molar-refractivity contribution >= 4 is 17.5 Å². The Hall–Kier alpha value is -2.60. The van der Waals surface area contributed by atoms with E-state index in [9.17, 15) is 9.59 Å². The predicted molar refractivity (Wildman–Crippen MR) is 81.8 cm³/mol. The lowest BCUT2D eigenvalue weighted by Crippen LogP contribution is -2.24. The normalized spacial score (nSPS) is 10.3. The highest BCUT2D eigenvalue weighted by Crippen LogP contribution is 2.18. The number of carbonyl (C=O) groups is 2. The highest BCUT2D eigenvalue weighted by molar-refractivity contribution is 6.07. The van der Waals surface area contributed by atoms with Crippen LogP contribution in [0.5, 0.6) is 0 Å². The van der Waals surface area contributed by atoms with Crippen LogP contribution in [0, 0.1) is 0 Å². The number of ether oxygens (including phenoxy) is 1. The smallest absolute Gasteiger partial charge is 0.291 e. The van der Waals surface area contributed by atoms with Crippen LogP contribution in [0.3, 0.4) is 0 Å². The third kappa shape index (κ3) is 3.53. The summed E-state index contributed by atoms with van der Waals surface area (Å²) in [5.41, 5.74) is 0.861. The summed E-state index contributed by atoms with van der Waals surface area (Å²) >= 11 is 0. The van der Waals surface area contributed by atoms with Crippen molar-refractivity contribution in [2.45, 2.75) is 6.61 Å². The molecular formula is C16H18N2O4. The zero-order chi connectivity index (χ0) is 16.1. The lowest BCUT2D eigenvalue weighted by Gasteiger charge is -2.14. The number of anilines is 1. The van der Waals surface area contributed by atoms with Gasteiger partial charge in [-0.1, -0.05) is 12.1 Å². The second-order valence-corrected chi connectivity index (χ2v) is 4.90. The summed E-state index contributed by atoms with van der Waals surface area (Å²) < 4.78 is 10.3. The summed E-state index contributed by atoms with van der Waals surface area (Å²) in [6.07, 6.45) is 0. The van der Waals surface area contributed by atoms with Crippen molar-refractivity contribution in [3.63, 3.8) is 0 Å². The number of methoxy groups -OCH3 is 1. The van der Waals surface area contributed by atoms with E-state index in [4.69, 9.17) is 9.15 Å². The SMILES string of the molecule is COCc1ccc(C(=O)Nc2ccccc2C(=O)N(C)C)o1. The van der Waals surface area contributed by atoms with Crippen LogP contribution in [-0.4, -0.2) is 37.9 Å². The van der Waals surface area contributed by atoms with Gasteiger partial charge in [0.1, 0.15) is 12.4 Å². The monoisotopic (exact) mass is 302 g/mol. The first-order valence-corrected chi connectivity index (χ1v) is 6.72. The van der Waals surface area contributed by atoms with Gasteiger partial charge < -0.3 is 19.4 Å². The van der Waals surface area contributed by atoms with E-state index in [1.165, 1.54) is 4.90 Å². The number of furan rings is 1. The third-order valence-corrected chi connectivity index (χ3v) is 2.98. The molecule has 0 radical (unpaired) electrons. The lowest BCUT2D eigenvalue weighted by molar-refractivity contribution is 0.0828. The number of rotatable bonds is 5. The zero-order valence-electron chi connectivity index (χ0n) is 12.8. The Kier molecular flexibility index (Phi) is 4.95. The van der Waals surface area contributed by atoms with Crippen molar-refractivity contribution in [2.24, 2.45) is 0 Å². The summed E-state index contributed by atoms with van der Waals surface area (Å²) in [5.74, 6) is 0.126. The molecule has 2 amide bonds. The average Bonchev–Trinajstić information content (AvgIpc) is 2.96. The van der Waals surface area contributed by atoms with E-state index >= 15 is 0 Å². The molecule has 0 bridgehead atoms. The number of nitrogens with zero attached hydrogens (tertiary/aromatic N) is 1. The molecule has 0 aliphatic rings. The van der Waals surface area contributed by atoms with Gasteiger partial charge >= 0.3 is 0 Å². The fourth-order valence-electron chi connectivity index (χ4n) is 1.92. The van der Waals surface area contributed by atoms with Crippen molar-refractivity contribution in [3.8, 4) is 0 Å². The van der Waals surface area contributed by atoms with Gasteiger partial charge in [0.15, 0.2) is 5.76 Å². The van der Waals surface area contributed by atoms with Crippen LogP contribution < -0.4 is 5.32 Å². The molecule has 1 aromatic carbocycles. The molecule has 0 unspecified atom stereocenters. The van der Waals surface area contributed by atoms with Crippen LogP contribution >= 0.6 is 0 Å². The van der Waals surface area contributed by atoms with E-state index in [0.29, 0.717) is 23.6 Å². The first-order valence-electron chi connectivity index (χ1n) is 6.72. The van der Waals surface area contributed by atoms with Crippen LogP contribution in [0.15, 0.2) is 40.8 Å². The third-order valence-electron chi connectivity index (χ3n) is 2.98. The molecule has 0 aliphatic heterocycles. The van der Waals surface area contributed by atoms with E-state index in [2.05, 4.69) is 5.32 Å². The molecule has 1 N–H and O–H groups in total.